The number of aliphatic imine (C=N–C) groups is 1. The summed E-state index contributed by atoms with van der Waals surface area (Å²) in [5.41, 5.74) is 2.39. The van der Waals surface area contributed by atoms with E-state index in [2.05, 4.69) is 15.3 Å². The first kappa shape index (κ1) is 17.1. The summed E-state index contributed by atoms with van der Waals surface area (Å²) < 4.78 is 1.94. The number of nitrogens with one attached hydrogen (secondary N) is 1. The lowest BCUT2D eigenvalue weighted by atomic mass is 10.3. The summed E-state index contributed by atoms with van der Waals surface area (Å²) in [4.78, 5) is 21.7. The minimum absolute atomic E-state index is 0.223. The molecule has 8 heteroatoms. The van der Waals surface area contributed by atoms with Crippen molar-refractivity contribution < 1.29 is 4.79 Å². The largest absolute Gasteiger partial charge is 0.328 e. The smallest absolute Gasteiger partial charge is 0.264 e. The normalized spacial score (nSPS) is 17.4. The number of nitrogens with zero attached hydrogens (tertiary/aromatic N) is 3. The molecule has 1 N–H and O–H groups in total. The van der Waals surface area contributed by atoms with Gasteiger partial charge in [0.2, 0.25) is 0 Å². The highest BCUT2D eigenvalue weighted by atomic mass is 35.5. The second-order valence-corrected chi connectivity index (χ2v) is 7.47. The Bertz CT molecular complexity index is 1100. The van der Waals surface area contributed by atoms with Crippen LogP contribution in [0.15, 0.2) is 52.4 Å². The van der Waals surface area contributed by atoms with Crippen molar-refractivity contribution in [2.75, 3.05) is 0 Å². The standard InChI is InChI=1S/C18H12Cl2N4OS/c1-24-14-5-3-2-4-12(14)21-16(24)9-15-17(25)23-18(26-15)22-13-8-10(19)6-7-11(13)20/h2-9H,1H3,(H,22,23,25). The summed E-state index contributed by atoms with van der Waals surface area (Å²) >= 11 is 13.3. The van der Waals surface area contributed by atoms with Crippen molar-refractivity contribution in [3.8, 4) is 0 Å². The third kappa shape index (κ3) is 3.23. The Balaban J connectivity index is 1.67. The van der Waals surface area contributed by atoms with Gasteiger partial charge in [-0.3, -0.25) is 4.79 Å². The zero-order chi connectivity index (χ0) is 18.3. The number of carbonyl (C=O) groups excluding carboxylic acids is 1. The molecule has 0 aliphatic carbocycles. The first-order chi connectivity index (χ1) is 12.5. The van der Waals surface area contributed by atoms with Crippen molar-refractivity contribution in [1.82, 2.24) is 14.9 Å². The molecule has 0 saturated carbocycles. The van der Waals surface area contributed by atoms with Crippen LogP contribution in [0.3, 0.4) is 0 Å². The van der Waals surface area contributed by atoms with E-state index in [0.29, 0.717) is 31.6 Å². The fourth-order valence-corrected chi connectivity index (χ4v) is 3.70. The monoisotopic (exact) mass is 402 g/mol. The number of aryl methyl sites for hydroxylation is 1. The Labute approximate surface area is 163 Å². The van der Waals surface area contributed by atoms with Gasteiger partial charge in [-0.15, -0.1) is 0 Å². The molecule has 2 heterocycles. The number of rotatable bonds is 2. The fourth-order valence-electron chi connectivity index (χ4n) is 2.57. The number of aromatic nitrogens is 2. The van der Waals surface area contributed by atoms with Crippen LogP contribution in [-0.4, -0.2) is 20.6 Å². The molecule has 1 amide bonds. The van der Waals surface area contributed by atoms with Crippen LogP contribution in [0.4, 0.5) is 5.69 Å². The Kier molecular flexibility index (Phi) is 4.48. The number of halogens is 2. The first-order valence-corrected chi connectivity index (χ1v) is 9.24. The summed E-state index contributed by atoms with van der Waals surface area (Å²) in [5.74, 6) is 0.477. The Morgan fingerprint density at radius 2 is 2.04 bits per heavy atom. The second kappa shape index (κ2) is 6.79. The highest BCUT2D eigenvalue weighted by Gasteiger charge is 2.25. The van der Waals surface area contributed by atoms with Crippen LogP contribution in [0.1, 0.15) is 5.82 Å². The molecule has 2 aromatic carbocycles. The number of hydrogen-bond donors (Lipinski definition) is 1. The zero-order valence-electron chi connectivity index (χ0n) is 13.5. The average Bonchev–Trinajstić information content (AvgIpc) is 3.12. The number of thioether (sulfide) groups is 1. The number of amidine groups is 1. The molecular weight excluding hydrogens is 391 g/mol. The number of amides is 1. The lowest BCUT2D eigenvalue weighted by molar-refractivity contribution is -0.115. The van der Waals surface area contributed by atoms with Crippen LogP contribution in [-0.2, 0) is 11.8 Å². The second-order valence-electron chi connectivity index (χ2n) is 5.60. The molecule has 0 bridgehead atoms. The first-order valence-electron chi connectivity index (χ1n) is 7.67. The highest BCUT2D eigenvalue weighted by molar-refractivity contribution is 8.18. The molecule has 5 nitrogen and oxygen atoms in total. The molecule has 1 aliphatic heterocycles. The van der Waals surface area contributed by atoms with Gasteiger partial charge in [0.1, 0.15) is 5.82 Å². The molecule has 1 aliphatic rings. The van der Waals surface area contributed by atoms with Gasteiger partial charge in [0.05, 0.1) is 26.6 Å². The zero-order valence-corrected chi connectivity index (χ0v) is 15.9. The quantitative estimate of drug-likeness (QED) is 0.627. The predicted molar refractivity (Wildman–Crippen MR) is 108 cm³/mol. The maximum Gasteiger partial charge on any atom is 0.264 e. The van der Waals surface area contributed by atoms with Gasteiger partial charge in [-0.1, -0.05) is 35.3 Å². The van der Waals surface area contributed by atoms with Crippen molar-refractivity contribution >= 4 is 68.8 Å². The average molecular weight is 403 g/mol. The molecule has 0 unspecified atom stereocenters. The molecule has 3 aromatic rings. The maximum absolute atomic E-state index is 12.3. The van der Waals surface area contributed by atoms with Gasteiger partial charge in [0.15, 0.2) is 5.17 Å². The molecule has 0 atom stereocenters. The van der Waals surface area contributed by atoms with Crippen LogP contribution < -0.4 is 5.32 Å². The summed E-state index contributed by atoms with van der Waals surface area (Å²) in [6, 6.07) is 12.8. The third-order valence-corrected chi connectivity index (χ3v) is 5.33. The van der Waals surface area contributed by atoms with E-state index in [-0.39, 0.29) is 5.91 Å². The van der Waals surface area contributed by atoms with Crippen LogP contribution in [0, 0.1) is 0 Å². The summed E-state index contributed by atoms with van der Waals surface area (Å²) in [7, 11) is 1.92. The van der Waals surface area contributed by atoms with Crippen LogP contribution in [0.5, 0.6) is 0 Å². The van der Waals surface area contributed by atoms with Crippen molar-refractivity contribution in [2.24, 2.45) is 12.0 Å². The van der Waals surface area contributed by atoms with E-state index in [1.807, 2.05) is 35.9 Å². The van der Waals surface area contributed by atoms with E-state index in [1.54, 1.807) is 24.3 Å². The Morgan fingerprint density at radius 3 is 2.85 bits per heavy atom. The van der Waals surface area contributed by atoms with Gasteiger partial charge in [-0.2, -0.15) is 0 Å². The van der Waals surface area contributed by atoms with Crippen LogP contribution >= 0.6 is 35.0 Å². The number of fused-ring (bicyclic) bond motifs is 1. The van der Waals surface area contributed by atoms with Crippen molar-refractivity contribution in [3.05, 3.63) is 63.2 Å². The van der Waals surface area contributed by atoms with Crippen molar-refractivity contribution in [2.45, 2.75) is 0 Å². The van der Waals surface area contributed by atoms with Gasteiger partial charge >= 0.3 is 0 Å². The predicted octanol–water partition coefficient (Wildman–Crippen LogP) is 4.77. The maximum atomic E-state index is 12.3. The van der Waals surface area contributed by atoms with Crippen molar-refractivity contribution in [3.63, 3.8) is 0 Å². The van der Waals surface area contributed by atoms with E-state index < -0.39 is 0 Å². The van der Waals surface area contributed by atoms with E-state index in [1.165, 1.54) is 11.8 Å². The lowest BCUT2D eigenvalue weighted by Gasteiger charge is -2.00. The molecule has 4 rings (SSSR count). The molecule has 0 radical (unpaired) electrons. The molecule has 0 spiro atoms. The molecule has 1 fully saturated rings. The van der Waals surface area contributed by atoms with Gasteiger partial charge in [0, 0.05) is 18.1 Å². The molecule has 1 aromatic heterocycles. The topological polar surface area (TPSA) is 59.3 Å². The summed E-state index contributed by atoms with van der Waals surface area (Å²) in [6.45, 7) is 0. The van der Waals surface area contributed by atoms with Gasteiger partial charge in [0.25, 0.3) is 5.91 Å². The van der Waals surface area contributed by atoms with E-state index in [9.17, 15) is 4.79 Å². The number of para-hydroxylation sites is 2. The SMILES string of the molecule is Cn1c(C=C2SC(=Nc3cc(Cl)ccc3Cl)NC2=O)nc2ccccc21. The Hall–Kier alpha value is -2.28. The number of hydrogen-bond acceptors (Lipinski definition) is 4. The third-order valence-electron chi connectivity index (χ3n) is 3.86. The molecular formula is C18H12Cl2N4OS. The minimum atomic E-state index is -0.223. The number of benzene rings is 2. The Morgan fingerprint density at radius 1 is 1.23 bits per heavy atom. The van der Waals surface area contributed by atoms with Gasteiger partial charge in [-0.05, 0) is 42.1 Å². The lowest BCUT2D eigenvalue weighted by Crippen LogP contribution is -2.19. The summed E-state index contributed by atoms with van der Waals surface area (Å²) in [5, 5.41) is 4.18. The van der Waals surface area contributed by atoms with Crippen molar-refractivity contribution in [1.29, 1.82) is 0 Å². The number of imidazole rings is 1. The fraction of sp³-hybridized carbons (Fsp3) is 0.0556. The van der Waals surface area contributed by atoms with Gasteiger partial charge in [-0.25, -0.2) is 9.98 Å². The minimum Gasteiger partial charge on any atom is -0.328 e. The van der Waals surface area contributed by atoms with E-state index in [4.69, 9.17) is 23.2 Å². The van der Waals surface area contributed by atoms with E-state index >= 15 is 0 Å². The van der Waals surface area contributed by atoms with Gasteiger partial charge < -0.3 is 9.88 Å². The van der Waals surface area contributed by atoms with Crippen LogP contribution in [0.2, 0.25) is 10.0 Å². The molecule has 26 heavy (non-hydrogen) atoms. The highest BCUT2D eigenvalue weighted by Crippen LogP contribution is 2.32. The van der Waals surface area contributed by atoms with E-state index in [0.717, 1.165) is 11.0 Å². The number of carbonyl (C=O) groups is 1. The molecule has 1 saturated heterocycles. The van der Waals surface area contributed by atoms with Crippen LogP contribution in [0.25, 0.3) is 17.1 Å². The summed E-state index contributed by atoms with van der Waals surface area (Å²) in [6.07, 6.45) is 1.75. The molecule has 130 valence electrons.